The molecule has 0 radical (unpaired) electrons. The molecule has 0 bridgehead atoms. The summed E-state index contributed by atoms with van der Waals surface area (Å²) in [5.41, 5.74) is -0.732. The van der Waals surface area contributed by atoms with Crippen LogP contribution in [0.15, 0.2) is 0 Å². The average molecular weight is 489 g/mol. The van der Waals surface area contributed by atoms with E-state index in [9.17, 15) is 20.1 Å². The fraction of sp³-hybridized carbons (Fsp3) is 0.967. The minimum atomic E-state index is -0.571. The molecular weight excluding hydrogens is 440 g/mol. The molecule has 1 heterocycles. The molecule has 35 heavy (non-hydrogen) atoms. The van der Waals surface area contributed by atoms with Gasteiger partial charge in [-0.15, -0.1) is 0 Å². The van der Waals surface area contributed by atoms with E-state index >= 15 is 0 Å². The Morgan fingerprint density at radius 2 is 1.54 bits per heavy atom. The van der Waals surface area contributed by atoms with Gasteiger partial charge in [-0.25, -0.2) is 0 Å². The summed E-state index contributed by atoms with van der Waals surface area (Å²) in [7, 11) is 0. The van der Waals surface area contributed by atoms with Crippen molar-refractivity contribution in [2.45, 2.75) is 111 Å². The Kier molecular flexibility index (Phi) is 5.12. The van der Waals surface area contributed by atoms with Gasteiger partial charge in [0.1, 0.15) is 0 Å². The summed E-state index contributed by atoms with van der Waals surface area (Å²) < 4.78 is 5.99. The normalized spacial score (nSPS) is 61.2. The maximum Gasteiger partial charge on any atom is 0.309 e. The van der Waals surface area contributed by atoms with Crippen molar-refractivity contribution < 1.29 is 24.9 Å². The molecule has 6 unspecified atom stereocenters. The minimum absolute atomic E-state index is 0.0568. The Hall–Kier alpha value is -0.650. The number of carboxylic acids is 1. The summed E-state index contributed by atoms with van der Waals surface area (Å²) in [5, 5.41) is 32.0. The average Bonchev–Trinajstić information content (AvgIpc) is 3.42. The van der Waals surface area contributed by atoms with E-state index in [-0.39, 0.29) is 34.4 Å². The zero-order valence-electron chi connectivity index (χ0n) is 22.6. The second-order valence-electron chi connectivity index (χ2n) is 15.1. The Labute approximate surface area is 211 Å². The van der Waals surface area contributed by atoms with Crippen molar-refractivity contribution >= 4 is 5.97 Å². The predicted molar refractivity (Wildman–Crippen MR) is 134 cm³/mol. The highest BCUT2D eigenvalue weighted by Crippen LogP contribution is 2.78. The van der Waals surface area contributed by atoms with Gasteiger partial charge in [-0.1, -0.05) is 27.7 Å². The van der Waals surface area contributed by atoms with Crippen molar-refractivity contribution in [2.75, 3.05) is 13.2 Å². The summed E-state index contributed by atoms with van der Waals surface area (Å²) in [6.07, 6.45) is 9.46. The SMILES string of the molecule is CC1([C@@H]2CCC3(C(=O)O)CC[C@]4(C)C(CCC5[C@@]6(C)CC[C@H](O)[C@@](C)(CO)C6CC[C@]54C)C23)CO1. The number of carboxylic acid groups (broad SMARTS) is 1. The van der Waals surface area contributed by atoms with Gasteiger partial charge in [0.15, 0.2) is 0 Å². The van der Waals surface area contributed by atoms with E-state index in [2.05, 4.69) is 34.6 Å². The van der Waals surface area contributed by atoms with Crippen LogP contribution in [-0.4, -0.2) is 46.2 Å². The fourth-order valence-electron chi connectivity index (χ4n) is 12.0. The highest BCUT2D eigenvalue weighted by Gasteiger charge is 2.74. The standard InChI is InChI=1S/C30H48O5/c1-25-11-10-22(32)26(2,16-31)20(25)9-12-28(4)21(25)7-6-18-23-19(29(5)17-35-29)8-13-30(23,24(33)34)15-14-27(18,28)3/h18-23,31-32H,6-17H2,1-5H3,(H,33,34)/t18?,19-,20?,21?,22+,23?,25+,26+,27-,28-,29?,30?/m1/s1. The van der Waals surface area contributed by atoms with Crippen LogP contribution in [0.5, 0.6) is 0 Å². The first-order valence-corrected chi connectivity index (χ1v) is 14.5. The van der Waals surface area contributed by atoms with E-state index in [1.54, 1.807) is 0 Å². The molecule has 12 atom stereocenters. The highest BCUT2D eigenvalue weighted by molar-refractivity contribution is 5.76. The minimum Gasteiger partial charge on any atom is -0.481 e. The number of carbonyl (C=O) groups is 1. The molecule has 5 nitrogen and oxygen atoms in total. The number of aliphatic hydroxyl groups excluding tert-OH is 2. The molecule has 1 saturated heterocycles. The lowest BCUT2D eigenvalue weighted by molar-refractivity contribution is -0.255. The number of hydrogen-bond acceptors (Lipinski definition) is 4. The molecule has 0 aromatic carbocycles. The summed E-state index contributed by atoms with van der Waals surface area (Å²) in [6.45, 7) is 12.8. The van der Waals surface area contributed by atoms with Crippen molar-refractivity contribution in [1.29, 1.82) is 0 Å². The van der Waals surface area contributed by atoms with Gasteiger partial charge in [-0.3, -0.25) is 4.79 Å². The molecule has 0 amide bonds. The smallest absolute Gasteiger partial charge is 0.309 e. The van der Waals surface area contributed by atoms with Crippen molar-refractivity contribution in [2.24, 2.45) is 56.7 Å². The molecule has 5 saturated carbocycles. The van der Waals surface area contributed by atoms with Gasteiger partial charge < -0.3 is 20.1 Å². The van der Waals surface area contributed by atoms with Crippen LogP contribution < -0.4 is 0 Å². The van der Waals surface area contributed by atoms with Gasteiger partial charge >= 0.3 is 5.97 Å². The van der Waals surface area contributed by atoms with Crippen molar-refractivity contribution in [3.63, 3.8) is 0 Å². The molecule has 0 spiro atoms. The van der Waals surface area contributed by atoms with Gasteiger partial charge in [-0.2, -0.15) is 0 Å². The number of epoxide rings is 1. The van der Waals surface area contributed by atoms with E-state index in [1.807, 2.05) is 0 Å². The summed E-state index contributed by atoms with van der Waals surface area (Å²) in [6, 6.07) is 0. The molecule has 0 aromatic heterocycles. The zero-order chi connectivity index (χ0) is 25.2. The van der Waals surface area contributed by atoms with Gasteiger partial charge in [0.2, 0.25) is 0 Å². The van der Waals surface area contributed by atoms with Gasteiger partial charge in [0, 0.05) is 5.41 Å². The number of fused-ring (bicyclic) bond motifs is 7. The lowest BCUT2D eigenvalue weighted by Gasteiger charge is -2.72. The molecule has 5 heteroatoms. The molecule has 198 valence electrons. The number of hydrogen-bond donors (Lipinski definition) is 3. The molecule has 6 rings (SSSR count). The zero-order valence-corrected chi connectivity index (χ0v) is 22.6. The Morgan fingerprint density at radius 3 is 2.17 bits per heavy atom. The van der Waals surface area contributed by atoms with Crippen molar-refractivity contribution in [3.8, 4) is 0 Å². The van der Waals surface area contributed by atoms with Crippen LogP contribution >= 0.6 is 0 Å². The maximum atomic E-state index is 12.9. The Balaban J connectivity index is 1.40. The van der Waals surface area contributed by atoms with Crippen LogP contribution in [0.4, 0.5) is 0 Å². The lowest BCUT2D eigenvalue weighted by atomic mass is 9.32. The number of aliphatic hydroxyl groups is 2. The van der Waals surface area contributed by atoms with E-state index in [0.29, 0.717) is 23.7 Å². The third-order valence-electron chi connectivity index (χ3n) is 14.4. The molecule has 0 aromatic rings. The molecule has 6 fully saturated rings. The molecule has 5 aliphatic carbocycles. The van der Waals surface area contributed by atoms with Crippen LogP contribution in [-0.2, 0) is 9.53 Å². The summed E-state index contributed by atoms with van der Waals surface area (Å²) in [5.74, 6) is 1.34. The van der Waals surface area contributed by atoms with Crippen LogP contribution in [0.2, 0.25) is 0 Å². The third-order valence-corrected chi connectivity index (χ3v) is 14.4. The van der Waals surface area contributed by atoms with Gasteiger partial charge in [0.05, 0.1) is 30.3 Å². The largest absolute Gasteiger partial charge is 0.481 e. The van der Waals surface area contributed by atoms with Gasteiger partial charge in [-0.05, 0) is 117 Å². The number of aliphatic carboxylic acids is 1. The second-order valence-corrected chi connectivity index (χ2v) is 15.1. The summed E-state index contributed by atoms with van der Waals surface area (Å²) in [4.78, 5) is 12.9. The van der Waals surface area contributed by atoms with Crippen LogP contribution in [0.3, 0.4) is 0 Å². The predicted octanol–water partition coefficient (Wildman–Crippen LogP) is 5.27. The Morgan fingerprint density at radius 1 is 0.829 bits per heavy atom. The molecule has 3 N–H and O–H groups in total. The van der Waals surface area contributed by atoms with E-state index in [1.165, 1.54) is 0 Å². The first-order chi connectivity index (χ1) is 16.3. The van der Waals surface area contributed by atoms with Crippen LogP contribution in [0.25, 0.3) is 0 Å². The first kappa shape index (κ1) is 24.7. The topological polar surface area (TPSA) is 90.3 Å². The molecular formula is C30H48O5. The highest BCUT2D eigenvalue weighted by atomic mass is 16.6. The molecule has 6 aliphatic rings. The van der Waals surface area contributed by atoms with E-state index < -0.39 is 22.9 Å². The third kappa shape index (κ3) is 2.79. The van der Waals surface area contributed by atoms with Gasteiger partial charge in [0.25, 0.3) is 0 Å². The second kappa shape index (κ2) is 7.26. The maximum absolute atomic E-state index is 12.9. The number of ether oxygens (including phenoxy) is 1. The lowest BCUT2D eigenvalue weighted by Crippen LogP contribution is -2.68. The quantitative estimate of drug-likeness (QED) is 0.471. The van der Waals surface area contributed by atoms with E-state index in [0.717, 1.165) is 70.8 Å². The molecule has 1 aliphatic heterocycles. The van der Waals surface area contributed by atoms with Crippen LogP contribution in [0, 0.1) is 56.7 Å². The Bertz CT molecular complexity index is 914. The van der Waals surface area contributed by atoms with Crippen molar-refractivity contribution in [3.05, 3.63) is 0 Å². The van der Waals surface area contributed by atoms with Crippen LogP contribution in [0.1, 0.15) is 98.8 Å². The number of rotatable bonds is 3. The van der Waals surface area contributed by atoms with E-state index in [4.69, 9.17) is 4.74 Å². The van der Waals surface area contributed by atoms with Crippen molar-refractivity contribution in [1.82, 2.24) is 0 Å². The summed E-state index contributed by atoms with van der Waals surface area (Å²) >= 11 is 0. The fourth-order valence-corrected chi connectivity index (χ4v) is 12.0. The monoisotopic (exact) mass is 488 g/mol. The first-order valence-electron chi connectivity index (χ1n) is 14.5.